The standard InChI is InChI=1S/C17H20N2O3.2ClH/c1-19(2)11-12-22-16(20)17(21,14-7-4-3-5-8-14)15-9-6-10-18-13-15;;/h3-10,13,21H,11-12H2,1-2H3;2*1H. The predicted octanol–water partition coefficient (Wildman–Crippen LogP) is 2.27. The maximum Gasteiger partial charge on any atom is 0.347 e. The van der Waals surface area contributed by atoms with Crippen molar-refractivity contribution in [3.8, 4) is 0 Å². The predicted molar refractivity (Wildman–Crippen MR) is 97.7 cm³/mol. The van der Waals surface area contributed by atoms with Crippen LogP contribution >= 0.6 is 24.8 Å². The van der Waals surface area contributed by atoms with Gasteiger partial charge in [0.15, 0.2) is 0 Å². The van der Waals surface area contributed by atoms with Crippen LogP contribution in [0.15, 0.2) is 54.9 Å². The monoisotopic (exact) mass is 372 g/mol. The van der Waals surface area contributed by atoms with Crippen LogP contribution in [0.2, 0.25) is 0 Å². The number of nitrogens with zero attached hydrogens (tertiary/aromatic N) is 2. The Bertz CT molecular complexity index is 570. The molecule has 1 aromatic carbocycles. The molecule has 1 aromatic heterocycles. The van der Waals surface area contributed by atoms with Gasteiger partial charge in [-0.25, -0.2) is 4.79 Å². The lowest BCUT2D eigenvalue weighted by Gasteiger charge is -2.27. The summed E-state index contributed by atoms with van der Waals surface area (Å²) in [6.45, 7) is 0.797. The van der Waals surface area contributed by atoms with Crippen LogP contribution in [0.5, 0.6) is 0 Å². The van der Waals surface area contributed by atoms with Gasteiger partial charge in [-0.1, -0.05) is 36.4 Å². The Morgan fingerprint density at radius 2 is 1.75 bits per heavy atom. The van der Waals surface area contributed by atoms with Crippen molar-refractivity contribution in [2.45, 2.75) is 5.60 Å². The van der Waals surface area contributed by atoms with Gasteiger partial charge in [-0.05, 0) is 25.7 Å². The second-order valence-electron chi connectivity index (χ2n) is 5.26. The third kappa shape index (κ3) is 5.18. The van der Waals surface area contributed by atoms with Crippen LogP contribution in [0.4, 0.5) is 0 Å². The summed E-state index contributed by atoms with van der Waals surface area (Å²) in [5.74, 6) is -0.700. The molecule has 0 aliphatic heterocycles. The topological polar surface area (TPSA) is 62.7 Å². The van der Waals surface area contributed by atoms with E-state index in [1.54, 1.807) is 42.6 Å². The van der Waals surface area contributed by atoms with Crippen LogP contribution in [0.3, 0.4) is 0 Å². The number of esters is 1. The molecule has 0 aliphatic carbocycles. The molecule has 1 unspecified atom stereocenters. The molecular formula is C17H22Cl2N2O3. The summed E-state index contributed by atoms with van der Waals surface area (Å²) in [5.41, 5.74) is -1.02. The summed E-state index contributed by atoms with van der Waals surface area (Å²) in [4.78, 5) is 18.4. The Kier molecular flexibility index (Phi) is 9.55. The van der Waals surface area contributed by atoms with E-state index in [0.29, 0.717) is 17.7 Å². The van der Waals surface area contributed by atoms with Crippen molar-refractivity contribution in [3.63, 3.8) is 0 Å². The Balaban J connectivity index is 0.00000264. The van der Waals surface area contributed by atoms with Crippen molar-refractivity contribution in [1.29, 1.82) is 0 Å². The number of benzene rings is 1. The number of rotatable bonds is 6. The fourth-order valence-corrected chi connectivity index (χ4v) is 2.08. The van der Waals surface area contributed by atoms with E-state index in [4.69, 9.17) is 4.74 Å². The molecule has 0 amide bonds. The summed E-state index contributed by atoms with van der Waals surface area (Å²) < 4.78 is 5.27. The normalized spacial score (nSPS) is 12.5. The average molecular weight is 373 g/mol. The van der Waals surface area contributed by atoms with Gasteiger partial charge in [0.25, 0.3) is 0 Å². The third-order valence-electron chi connectivity index (χ3n) is 3.34. The first-order valence-corrected chi connectivity index (χ1v) is 7.05. The van der Waals surface area contributed by atoms with E-state index in [9.17, 15) is 9.90 Å². The zero-order valence-electron chi connectivity index (χ0n) is 13.6. The lowest BCUT2D eigenvalue weighted by Crippen LogP contribution is -2.39. The van der Waals surface area contributed by atoms with Gasteiger partial charge in [0, 0.05) is 24.5 Å². The lowest BCUT2D eigenvalue weighted by molar-refractivity contribution is -0.162. The van der Waals surface area contributed by atoms with E-state index < -0.39 is 11.6 Å². The number of likely N-dealkylation sites (N-methyl/N-ethyl adjacent to an activating group) is 1. The second-order valence-corrected chi connectivity index (χ2v) is 5.26. The minimum absolute atomic E-state index is 0. The third-order valence-corrected chi connectivity index (χ3v) is 3.34. The molecule has 24 heavy (non-hydrogen) atoms. The number of carbonyl (C=O) groups excluding carboxylic acids is 1. The minimum atomic E-state index is -1.86. The van der Waals surface area contributed by atoms with E-state index >= 15 is 0 Å². The van der Waals surface area contributed by atoms with Crippen LogP contribution < -0.4 is 0 Å². The van der Waals surface area contributed by atoms with Crippen LogP contribution in [-0.4, -0.2) is 48.2 Å². The van der Waals surface area contributed by atoms with Crippen LogP contribution in [0.25, 0.3) is 0 Å². The number of halogens is 2. The van der Waals surface area contributed by atoms with Crippen molar-refractivity contribution in [1.82, 2.24) is 9.88 Å². The van der Waals surface area contributed by atoms with Gasteiger partial charge in [0.05, 0.1) is 0 Å². The summed E-state index contributed by atoms with van der Waals surface area (Å²) in [5, 5.41) is 11.1. The van der Waals surface area contributed by atoms with Crippen molar-refractivity contribution < 1.29 is 14.6 Å². The molecule has 0 radical (unpaired) electrons. The van der Waals surface area contributed by atoms with E-state index in [2.05, 4.69) is 4.98 Å². The largest absolute Gasteiger partial charge is 0.462 e. The highest BCUT2D eigenvalue weighted by molar-refractivity contribution is 5.86. The molecule has 2 aromatic rings. The average Bonchev–Trinajstić information content (AvgIpc) is 2.55. The highest BCUT2D eigenvalue weighted by atomic mass is 35.5. The number of aromatic nitrogens is 1. The number of hydrogen-bond acceptors (Lipinski definition) is 5. The van der Waals surface area contributed by atoms with Crippen molar-refractivity contribution in [3.05, 3.63) is 66.0 Å². The summed E-state index contributed by atoms with van der Waals surface area (Å²) in [7, 11) is 3.77. The van der Waals surface area contributed by atoms with E-state index in [1.807, 2.05) is 25.1 Å². The van der Waals surface area contributed by atoms with Gasteiger partial charge in [-0.15, -0.1) is 24.8 Å². The first kappa shape index (κ1) is 22.3. The van der Waals surface area contributed by atoms with Crippen molar-refractivity contribution in [2.75, 3.05) is 27.2 Å². The summed E-state index contributed by atoms with van der Waals surface area (Å²) in [6.07, 6.45) is 3.06. The fourth-order valence-electron chi connectivity index (χ4n) is 2.08. The number of pyridine rings is 1. The Labute approximate surface area is 154 Å². The highest BCUT2D eigenvalue weighted by Gasteiger charge is 2.41. The van der Waals surface area contributed by atoms with Crippen molar-refractivity contribution >= 4 is 30.8 Å². The van der Waals surface area contributed by atoms with E-state index in [0.717, 1.165) is 0 Å². The molecule has 132 valence electrons. The molecule has 0 bridgehead atoms. The molecule has 2 rings (SSSR count). The second kappa shape index (κ2) is 10.3. The molecule has 0 aliphatic rings. The molecule has 7 heteroatoms. The van der Waals surface area contributed by atoms with E-state index in [-0.39, 0.29) is 31.4 Å². The van der Waals surface area contributed by atoms with Gasteiger partial charge >= 0.3 is 5.97 Å². The summed E-state index contributed by atoms with van der Waals surface area (Å²) in [6, 6.07) is 12.1. The van der Waals surface area contributed by atoms with Crippen molar-refractivity contribution in [2.24, 2.45) is 0 Å². The maximum atomic E-state index is 12.5. The Morgan fingerprint density at radius 1 is 1.12 bits per heavy atom. The van der Waals surface area contributed by atoms with Gasteiger partial charge < -0.3 is 14.7 Å². The van der Waals surface area contributed by atoms with Gasteiger partial charge in [-0.3, -0.25) is 4.98 Å². The van der Waals surface area contributed by atoms with Gasteiger partial charge in [-0.2, -0.15) is 0 Å². The zero-order valence-corrected chi connectivity index (χ0v) is 15.2. The van der Waals surface area contributed by atoms with Gasteiger partial charge in [0.1, 0.15) is 6.61 Å². The number of aliphatic hydroxyl groups is 1. The number of carbonyl (C=O) groups is 1. The minimum Gasteiger partial charge on any atom is -0.462 e. The molecule has 0 spiro atoms. The molecule has 1 heterocycles. The quantitative estimate of drug-likeness (QED) is 0.788. The number of ether oxygens (including phenoxy) is 1. The smallest absolute Gasteiger partial charge is 0.347 e. The SMILES string of the molecule is CN(C)CCOC(=O)C(O)(c1ccccc1)c1cccnc1.Cl.Cl. The molecule has 0 fully saturated rings. The molecule has 1 N–H and O–H groups in total. The van der Waals surface area contributed by atoms with E-state index in [1.165, 1.54) is 6.20 Å². The maximum absolute atomic E-state index is 12.5. The molecule has 0 saturated heterocycles. The first-order chi connectivity index (χ1) is 10.5. The molecule has 0 saturated carbocycles. The fraction of sp³-hybridized carbons (Fsp3) is 0.294. The Morgan fingerprint density at radius 3 is 2.29 bits per heavy atom. The summed E-state index contributed by atoms with van der Waals surface area (Å²) >= 11 is 0. The zero-order chi connectivity index (χ0) is 16.0. The molecule has 1 atom stereocenters. The molecule has 5 nitrogen and oxygen atoms in total. The first-order valence-electron chi connectivity index (χ1n) is 7.05. The van der Waals surface area contributed by atoms with Crippen LogP contribution in [0.1, 0.15) is 11.1 Å². The van der Waals surface area contributed by atoms with Gasteiger partial charge in [0.2, 0.25) is 5.60 Å². The highest BCUT2D eigenvalue weighted by Crippen LogP contribution is 2.30. The van der Waals surface area contributed by atoms with Crippen LogP contribution in [-0.2, 0) is 15.1 Å². The molecular weight excluding hydrogens is 351 g/mol. The van der Waals surface area contributed by atoms with Crippen LogP contribution in [0, 0.1) is 0 Å². The number of hydrogen-bond donors (Lipinski definition) is 1. The lowest BCUT2D eigenvalue weighted by atomic mass is 9.87. The Hall–Kier alpha value is -1.66.